The van der Waals surface area contributed by atoms with Crippen LogP contribution in [0.4, 0.5) is 11.6 Å². The number of aromatic nitrogens is 2. The minimum Gasteiger partial charge on any atom is -0.410 e. The van der Waals surface area contributed by atoms with E-state index in [1.807, 2.05) is 121 Å². The summed E-state index contributed by atoms with van der Waals surface area (Å²) >= 11 is -3.42. The molecule has 12 rings (SSSR count). The van der Waals surface area contributed by atoms with Crippen LogP contribution in [0.15, 0.2) is 183 Å². The van der Waals surface area contributed by atoms with E-state index in [0.717, 1.165) is 43.8 Å². The Hall–Kier alpha value is -6.47. The van der Waals surface area contributed by atoms with Crippen molar-refractivity contribution in [2.75, 3.05) is 0 Å². The van der Waals surface area contributed by atoms with Gasteiger partial charge in [-0.3, -0.25) is 4.57 Å². The normalized spacial score (nSPS) is 18.6. The second-order valence-electron chi connectivity index (χ2n) is 14.0. The summed E-state index contributed by atoms with van der Waals surface area (Å²) in [7, 11) is -3.85. The van der Waals surface area contributed by atoms with E-state index in [4.69, 9.17) is 28.5 Å². The predicted octanol–water partition coefficient (Wildman–Crippen LogP) is 6.71. The van der Waals surface area contributed by atoms with Crippen molar-refractivity contribution >= 4 is 83.6 Å². The zero-order valence-electron chi connectivity index (χ0n) is 29.6. The van der Waals surface area contributed by atoms with Crippen LogP contribution in [0.1, 0.15) is 28.4 Å². The molecule has 264 valence electrons. The van der Waals surface area contributed by atoms with E-state index in [1.54, 1.807) is 0 Å². The largest absolute Gasteiger partial charge is 0.815 e. The Kier molecular flexibility index (Phi) is 6.83. The first-order valence-electron chi connectivity index (χ1n) is 18.4. The first-order chi connectivity index (χ1) is 27.6. The summed E-state index contributed by atoms with van der Waals surface area (Å²) < 4.78 is 28.0. The maximum Gasteiger partial charge on any atom is 0.815 e. The molecule has 0 radical (unpaired) electrons. The molecular weight excluding hydrogens is 730 g/mol. The second kappa shape index (κ2) is 12.0. The molecule has 12 heteroatoms. The minimum atomic E-state index is -3.85. The lowest BCUT2D eigenvalue weighted by atomic mass is 10.1. The average Bonchev–Trinajstić information content (AvgIpc) is 3.97. The third-order valence-corrected chi connectivity index (χ3v) is 16.7. The maximum absolute atomic E-state index is 16.2. The van der Waals surface area contributed by atoms with E-state index in [9.17, 15) is 0 Å². The molecule has 6 aromatic carbocycles. The number of aliphatic imine (C=N–C) groups is 3. The van der Waals surface area contributed by atoms with Crippen molar-refractivity contribution in [3.05, 3.63) is 191 Å². The van der Waals surface area contributed by atoms with Gasteiger partial charge in [-0.2, -0.15) is 0 Å². The number of amidine groups is 3. The van der Waals surface area contributed by atoms with Gasteiger partial charge in [-0.05, 0) is 24.3 Å². The summed E-state index contributed by atoms with van der Waals surface area (Å²) in [5.41, 5.74) is 5.00. The molecule has 0 saturated carbocycles. The van der Waals surface area contributed by atoms with Crippen LogP contribution in [0.25, 0.3) is 21.5 Å². The van der Waals surface area contributed by atoms with Crippen LogP contribution < -0.4 is 26.9 Å². The summed E-state index contributed by atoms with van der Waals surface area (Å²) in [6.07, 6.45) is -0.464. The van der Waals surface area contributed by atoms with Gasteiger partial charge in [0, 0.05) is 54.4 Å². The van der Waals surface area contributed by atoms with Crippen molar-refractivity contribution in [2.45, 2.75) is 6.17 Å². The third kappa shape index (κ3) is 4.54. The average molecular weight is 759 g/mol. The number of benzene rings is 6. The molecule has 0 saturated heterocycles. The smallest absolute Gasteiger partial charge is 0.410 e. The Morgan fingerprint density at radius 1 is 0.518 bits per heavy atom. The predicted molar refractivity (Wildman–Crippen MR) is 221 cm³/mol. The van der Waals surface area contributed by atoms with Gasteiger partial charge in [0.2, 0.25) is 7.37 Å². The summed E-state index contributed by atoms with van der Waals surface area (Å²) in [4.78, 5) is 27.0. The molecule has 4 aliphatic rings. The fraction of sp³-hybridized carbons (Fsp3) is 0.0227. The van der Waals surface area contributed by atoms with E-state index in [2.05, 4.69) is 48.8 Å². The van der Waals surface area contributed by atoms with E-state index in [-0.39, 0.29) is 0 Å². The van der Waals surface area contributed by atoms with Crippen molar-refractivity contribution in [1.82, 2.24) is 12.4 Å². The Balaban J connectivity index is 1.32. The topological polar surface area (TPSA) is 110 Å². The molecule has 1 unspecified atom stereocenters. The highest BCUT2D eigenvalue weighted by Gasteiger charge is 2.48. The van der Waals surface area contributed by atoms with E-state index in [1.165, 1.54) is 0 Å². The molecule has 4 aliphatic heterocycles. The Labute approximate surface area is 324 Å². The molecule has 0 fully saturated rings. The minimum absolute atomic E-state index is 0.464. The summed E-state index contributed by atoms with van der Waals surface area (Å²) in [6, 6.07) is 51.6. The van der Waals surface area contributed by atoms with E-state index in [0.29, 0.717) is 50.7 Å². The maximum atomic E-state index is 16.2. The van der Waals surface area contributed by atoms with Crippen molar-refractivity contribution in [1.29, 1.82) is 0 Å². The lowest BCUT2D eigenvalue weighted by molar-refractivity contribution is 0.492. The molecule has 1 N–H and O–H groups in total. The van der Waals surface area contributed by atoms with Gasteiger partial charge in [0.15, 0.2) is 11.7 Å². The summed E-state index contributed by atoms with van der Waals surface area (Å²) in [6.45, 7) is 0. The fourth-order valence-corrected chi connectivity index (χ4v) is 14.4. The first kappa shape index (κ1) is 31.8. The fourth-order valence-electron chi connectivity index (χ4n) is 8.34. The Bertz CT molecular complexity index is 3210. The van der Waals surface area contributed by atoms with Crippen LogP contribution in [0.5, 0.6) is 0 Å². The molecule has 6 heterocycles. The quantitative estimate of drug-likeness (QED) is 0.159. The molecule has 6 bridgehead atoms. The highest BCUT2D eigenvalue weighted by molar-refractivity contribution is 7.75. The molecule has 1 atom stereocenters. The first-order valence-corrected chi connectivity index (χ1v) is 21.6. The lowest BCUT2D eigenvalue weighted by Crippen LogP contribution is -2.49. The zero-order valence-corrected chi connectivity index (χ0v) is 31.6. The molecule has 10 nitrogen and oxygen atoms in total. The summed E-state index contributed by atoms with van der Waals surface area (Å²) in [5, 5.41) is 8.34. The summed E-state index contributed by atoms with van der Waals surface area (Å²) in [5.74, 6) is 3.01. The number of hydrogen-bond acceptors (Lipinski definition) is 8. The third-order valence-electron chi connectivity index (χ3n) is 10.9. The highest BCUT2D eigenvalue weighted by Crippen LogP contribution is 2.48. The van der Waals surface area contributed by atoms with Gasteiger partial charge in [0.1, 0.15) is 34.6 Å². The van der Waals surface area contributed by atoms with Crippen molar-refractivity contribution in [3.8, 4) is 0 Å². The van der Waals surface area contributed by atoms with E-state index < -0.39 is 28.5 Å². The highest BCUT2D eigenvalue weighted by atomic mass is 31.2. The number of hydrogen-bond donors (Lipinski definition) is 1. The van der Waals surface area contributed by atoms with Crippen molar-refractivity contribution < 1.29 is 8.14 Å². The zero-order chi connectivity index (χ0) is 37.0. The van der Waals surface area contributed by atoms with Crippen LogP contribution in [0, 0.1) is 0 Å². The Morgan fingerprint density at radius 3 is 1.70 bits per heavy atom. The van der Waals surface area contributed by atoms with Gasteiger partial charge in [0.25, 0.3) is 0 Å². The SMILES string of the molecule is O=P([O][Al]1[n]2c3c4ccccc4c2/N=C2\NC(/N=c4/c5ccccc5c([n]41)=NC1=N/C(=N\3)c3ccccc31)c1ccccc12)(c1ccccc1)c1ccccc1. The van der Waals surface area contributed by atoms with Crippen LogP contribution in [-0.2, 0) is 8.14 Å². The molecular formula is C44H28AlN8O2P. The van der Waals surface area contributed by atoms with Gasteiger partial charge in [0.05, 0.1) is 0 Å². The van der Waals surface area contributed by atoms with Crippen molar-refractivity contribution in [2.24, 2.45) is 25.0 Å². The van der Waals surface area contributed by atoms with Crippen LogP contribution in [0.2, 0.25) is 0 Å². The lowest BCUT2D eigenvalue weighted by Gasteiger charge is -2.26. The van der Waals surface area contributed by atoms with Gasteiger partial charge in [-0.25, -0.2) is 25.0 Å². The Morgan fingerprint density at radius 2 is 1.04 bits per heavy atom. The van der Waals surface area contributed by atoms with E-state index >= 15 is 4.57 Å². The molecule has 0 aliphatic carbocycles. The number of nitrogens with zero attached hydrogens (tertiary/aromatic N) is 7. The molecule has 0 amide bonds. The monoisotopic (exact) mass is 758 g/mol. The molecule has 2 aromatic heterocycles. The van der Waals surface area contributed by atoms with Crippen molar-refractivity contribution in [3.63, 3.8) is 0 Å². The number of fused-ring (bicyclic) bond motifs is 15. The van der Waals surface area contributed by atoms with Crippen LogP contribution in [-0.4, -0.2) is 39.5 Å². The molecule has 8 aromatic rings. The molecule has 0 spiro atoms. The van der Waals surface area contributed by atoms with Gasteiger partial charge >= 0.3 is 14.9 Å². The van der Waals surface area contributed by atoms with Crippen LogP contribution in [0.3, 0.4) is 0 Å². The number of rotatable bonds is 4. The van der Waals surface area contributed by atoms with Gasteiger partial charge in [-0.15, -0.1) is 0 Å². The second-order valence-corrected chi connectivity index (χ2v) is 18.7. The van der Waals surface area contributed by atoms with Crippen LogP contribution >= 0.6 is 7.37 Å². The van der Waals surface area contributed by atoms with Gasteiger partial charge < -0.3 is 16.0 Å². The number of nitrogens with one attached hydrogen (secondary N) is 1. The van der Waals surface area contributed by atoms with Gasteiger partial charge in [-0.1, -0.05) is 133 Å². The standard InChI is InChI=1S/C32H18N8.C12H11O2P.Al/c1-2-10-18-17(9-1)25-33-26(18)38-28-21-13-5-6-14-22(21)30(35-28)40-32-24-16-8-7-15-23(24)31(36-32)39-29-20-12-4-3-11-19(20)27(34-29)37-25;13-15(14,11-7-3-1-4-8-11)12-9-5-2-6-10-12;/h1-16,25H,(H-,33,34,36,37,38,39,40);1-10H,(H,13,14);/q-2;;+3/p-1. The molecule has 56 heavy (non-hydrogen) atoms.